The zero-order valence-electron chi connectivity index (χ0n) is 13.7. The van der Waals surface area contributed by atoms with Gasteiger partial charge in [-0.25, -0.2) is 4.79 Å². The van der Waals surface area contributed by atoms with Gasteiger partial charge in [0.1, 0.15) is 12.6 Å². The van der Waals surface area contributed by atoms with E-state index in [-0.39, 0.29) is 18.5 Å². The highest BCUT2D eigenvalue weighted by molar-refractivity contribution is 5.87. The SMILES string of the molecule is CC(C(=O)OCc1ccccc1)N1CCCCCCC(N)C1=O. The minimum absolute atomic E-state index is 0.143. The Labute approximate surface area is 137 Å². The Morgan fingerprint density at radius 2 is 1.96 bits per heavy atom. The molecule has 126 valence electrons. The third-order valence-electron chi connectivity index (χ3n) is 4.30. The first kappa shape index (κ1) is 17.5. The summed E-state index contributed by atoms with van der Waals surface area (Å²) in [7, 11) is 0. The van der Waals surface area contributed by atoms with E-state index in [1.165, 1.54) is 0 Å². The molecule has 5 nitrogen and oxygen atoms in total. The highest BCUT2D eigenvalue weighted by Gasteiger charge is 2.30. The summed E-state index contributed by atoms with van der Waals surface area (Å²) in [5, 5.41) is 0. The Kier molecular flexibility index (Phi) is 6.59. The Morgan fingerprint density at radius 3 is 2.70 bits per heavy atom. The van der Waals surface area contributed by atoms with Gasteiger partial charge >= 0.3 is 5.97 Å². The quantitative estimate of drug-likeness (QED) is 0.864. The number of rotatable bonds is 4. The van der Waals surface area contributed by atoms with Crippen molar-refractivity contribution in [1.29, 1.82) is 0 Å². The molecule has 1 aromatic carbocycles. The van der Waals surface area contributed by atoms with Crippen LogP contribution < -0.4 is 5.73 Å². The van der Waals surface area contributed by atoms with E-state index in [1.807, 2.05) is 30.3 Å². The number of ether oxygens (including phenoxy) is 1. The third-order valence-corrected chi connectivity index (χ3v) is 4.30. The molecule has 2 rings (SSSR count). The maximum atomic E-state index is 12.5. The van der Waals surface area contributed by atoms with Crippen LogP contribution in [0.1, 0.15) is 44.6 Å². The van der Waals surface area contributed by atoms with Gasteiger partial charge < -0.3 is 15.4 Å². The van der Waals surface area contributed by atoms with E-state index in [9.17, 15) is 9.59 Å². The van der Waals surface area contributed by atoms with Crippen LogP contribution in [0.3, 0.4) is 0 Å². The van der Waals surface area contributed by atoms with E-state index < -0.39 is 12.1 Å². The first-order valence-electron chi connectivity index (χ1n) is 8.36. The van der Waals surface area contributed by atoms with Crippen LogP contribution in [0.4, 0.5) is 0 Å². The van der Waals surface area contributed by atoms with Crippen LogP contribution in [0.15, 0.2) is 30.3 Å². The molecule has 1 aliphatic heterocycles. The number of nitrogens with two attached hydrogens (primary N) is 1. The van der Waals surface area contributed by atoms with Crippen molar-refractivity contribution in [2.45, 2.75) is 57.7 Å². The van der Waals surface area contributed by atoms with Gasteiger partial charge in [0.15, 0.2) is 0 Å². The molecule has 0 bridgehead atoms. The van der Waals surface area contributed by atoms with Gasteiger partial charge in [-0.2, -0.15) is 0 Å². The second kappa shape index (κ2) is 8.67. The smallest absolute Gasteiger partial charge is 0.328 e. The summed E-state index contributed by atoms with van der Waals surface area (Å²) in [6.07, 6.45) is 4.69. The Morgan fingerprint density at radius 1 is 1.26 bits per heavy atom. The van der Waals surface area contributed by atoms with Gasteiger partial charge in [0.05, 0.1) is 6.04 Å². The van der Waals surface area contributed by atoms with Crippen molar-refractivity contribution >= 4 is 11.9 Å². The van der Waals surface area contributed by atoms with Crippen LogP contribution in [0, 0.1) is 0 Å². The molecule has 2 unspecified atom stereocenters. The molecule has 0 saturated carbocycles. The highest BCUT2D eigenvalue weighted by atomic mass is 16.5. The first-order chi connectivity index (χ1) is 11.1. The number of carbonyl (C=O) groups is 2. The number of hydrogen-bond acceptors (Lipinski definition) is 4. The number of nitrogens with zero attached hydrogens (tertiary/aromatic N) is 1. The molecule has 0 spiro atoms. The summed E-state index contributed by atoms with van der Waals surface area (Å²) in [5.41, 5.74) is 6.90. The lowest BCUT2D eigenvalue weighted by atomic mass is 10.1. The van der Waals surface area contributed by atoms with Crippen molar-refractivity contribution in [1.82, 2.24) is 4.90 Å². The van der Waals surface area contributed by atoms with Crippen molar-refractivity contribution < 1.29 is 14.3 Å². The molecular formula is C18H26N2O3. The normalized spacial score (nSPS) is 21.0. The van der Waals surface area contributed by atoms with E-state index in [0.717, 1.165) is 31.2 Å². The standard InChI is InChI=1S/C18H26N2O3/c1-14(18(22)23-13-15-9-5-4-6-10-15)20-12-8-3-2-7-11-16(19)17(20)21/h4-6,9-10,14,16H,2-3,7-8,11-13,19H2,1H3. The lowest BCUT2D eigenvalue weighted by Gasteiger charge is -2.29. The van der Waals surface area contributed by atoms with Crippen LogP contribution >= 0.6 is 0 Å². The molecule has 1 heterocycles. The summed E-state index contributed by atoms with van der Waals surface area (Å²) < 4.78 is 5.36. The molecule has 23 heavy (non-hydrogen) atoms. The van der Waals surface area contributed by atoms with Gasteiger partial charge in [0.2, 0.25) is 5.91 Å². The molecule has 1 amide bonds. The topological polar surface area (TPSA) is 72.6 Å². The zero-order chi connectivity index (χ0) is 16.7. The first-order valence-corrected chi connectivity index (χ1v) is 8.36. The van der Waals surface area contributed by atoms with Gasteiger partial charge in [-0.1, -0.05) is 49.6 Å². The molecule has 2 N–H and O–H groups in total. The summed E-state index contributed by atoms with van der Waals surface area (Å²) in [4.78, 5) is 26.3. The van der Waals surface area contributed by atoms with Gasteiger partial charge in [-0.3, -0.25) is 4.79 Å². The van der Waals surface area contributed by atoms with E-state index >= 15 is 0 Å². The minimum atomic E-state index is -0.602. The highest BCUT2D eigenvalue weighted by Crippen LogP contribution is 2.15. The van der Waals surface area contributed by atoms with Crippen molar-refractivity contribution in [2.75, 3.05) is 6.54 Å². The fourth-order valence-electron chi connectivity index (χ4n) is 2.81. The van der Waals surface area contributed by atoms with Crippen molar-refractivity contribution in [3.8, 4) is 0 Å². The fraction of sp³-hybridized carbons (Fsp3) is 0.556. The number of esters is 1. The van der Waals surface area contributed by atoms with Crippen molar-refractivity contribution in [3.63, 3.8) is 0 Å². The molecule has 5 heteroatoms. The van der Waals surface area contributed by atoms with E-state index in [0.29, 0.717) is 13.0 Å². The van der Waals surface area contributed by atoms with Gasteiger partial charge in [0, 0.05) is 6.54 Å². The molecule has 1 fully saturated rings. The van der Waals surface area contributed by atoms with Crippen molar-refractivity contribution in [2.24, 2.45) is 5.73 Å². The second-order valence-electron chi connectivity index (χ2n) is 6.11. The molecule has 0 aliphatic carbocycles. The van der Waals surface area contributed by atoms with E-state index in [2.05, 4.69) is 0 Å². The van der Waals surface area contributed by atoms with Crippen LogP contribution in [-0.4, -0.2) is 35.4 Å². The predicted molar refractivity (Wildman–Crippen MR) is 88.5 cm³/mol. The molecule has 1 saturated heterocycles. The average Bonchev–Trinajstić information content (AvgIpc) is 2.65. The van der Waals surface area contributed by atoms with Crippen LogP contribution in [0.5, 0.6) is 0 Å². The van der Waals surface area contributed by atoms with E-state index in [4.69, 9.17) is 10.5 Å². The summed E-state index contributed by atoms with van der Waals surface area (Å²) in [5.74, 6) is -0.523. The van der Waals surface area contributed by atoms with Crippen LogP contribution in [0.2, 0.25) is 0 Å². The van der Waals surface area contributed by atoms with Gasteiger partial charge in [-0.05, 0) is 25.3 Å². The van der Waals surface area contributed by atoms with E-state index in [1.54, 1.807) is 11.8 Å². The number of benzene rings is 1. The second-order valence-corrected chi connectivity index (χ2v) is 6.11. The lowest BCUT2D eigenvalue weighted by molar-refractivity contribution is -0.156. The summed E-state index contributed by atoms with van der Waals surface area (Å²) >= 11 is 0. The average molecular weight is 318 g/mol. The fourth-order valence-corrected chi connectivity index (χ4v) is 2.81. The minimum Gasteiger partial charge on any atom is -0.459 e. The molecule has 0 radical (unpaired) electrons. The van der Waals surface area contributed by atoms with Gasteiger partial charge in [-0.15, -0.1) is 0 Å². The van der Waals surface area contributed by atoms with Crippen molar-refractivity contribution in [3.05, 3.63) is 35.9 Å². The Bertz CT molecular complexity index is 518. The maximum absolute atomic E-state index is 12.5. The predicted octanol–water partition coefficient (Wildman–Crippen LogP) is 2.24. The van der Waals surface area contributed by atoms with Crippen LogP contribution in [0.25, 0.3) is 0 Å². The number of hydrogen-bond donors (Lipinski definition) is 1. The largest absolute Gasteiger partial charge is 0.459 e. The third kappa shape index (κ3) is 5.06. The molecule has 2 atom stereocenters. The number of carbonyl (C=O) groups excluding carboxylic acids is 2. The Balaban J connectivity index is 1.96. The van der Waals surface area contributed by atoms with Gasteiger partial charge in [0.25, 0.3) is 0 Å². The Hall–Kier alpha value is -1.88. The molecule has 1 aromatic rings. The maximum Gasteiger partial charge on any atom is 0.328 e. The van der Waals surface area contributed by atoms with Crippen LogP contribution in [-0.2, 0) is 20.9 Å². The number of amides is 1. The molecule has 0 aromatic heterocycles. The monoisotopic (exact) mass is 318 g/mol. The lowest BCUT2D eigenvalue weighted by Crippen LogP contribution is -2.50. The zero-order valence-corrected chi connectivity index (χ0v) is 13.7. The molecular weight excluding hydrogens is 292 g/mol. The summed E-state index contributed by atoms with van der Waals surface area (Å²) in [6, 6.07) is 8.40. The molecule has 1 aliphatic rings. The summed E-state index contributed by atoms with van der Waals surface area (Å²) in [6.45, 7) is 2.50.